The van der Waals surface area contributed by atoms with Crippen molar-refractivity contribution in [3.05, 3.63) is 123 Å². The molecule has 4 aromatic carbocycles. The summed E-state index contributed by atoms with van der Waals surface area (Å²) in [4.78, 5) is 44.5. The molecule has 6 rings (SSSR count). The predicted octanol–water partition coefficient (Wildman–Crippen LogP) is 6.12. The molecule has 57 heavy (non-hydrogen) atoms. The second-order valence-electron chi connectivity index (χ2n) is 13.7. The number of sulfonamides is 1. The Balaban J connectivity index is 1.16. The lowest BCUT2D eigenvalue weighted by Gasteiger charge is -2.36. The summed E-state index contributed by atoms with van der Waals surface area (Å²) in [7, 11) is -2.89. The minimum atomic E-state index is -4.75. The van der Waals surface area contributed by atoms with Crippen molar-refractivity contribution < 1.29 is 40.8 Å². The molecule has 0 saturated carbocycles. The Morgan fingerprint density at radius 1 is 0.965 bits per heavy atom. The average Bonchev–Trinajstić information content (AvgIpc) is 3.21. The first-order valence-corrected chi connectivity index (χ1v) is 20.6. The first-order chi connectivity index (χ1) is 27.2. The Kier molecular flexibility index (Phi) is 13.1. The molecule has 1 saturated heterocycles. The highest BCUT2D eigenvalue weighted by Crippen LogP contribution is 2.35. The van der Waals surface area contributed by atoms with Crippen molar-refractivity contribution in [3.8, 4) is 0 Å². The fourth-order valence-electron chi connectivity index (χ4n) is 6.59. The van der Waals surface area contributed by atoms with E-state index in [2.05, 4.69) is 5.32 Å². The number of carbonyl (C=O) groups excluding carboxylic acids is 2. The van der Waals surface area contributed by atoms with Gasteiger partial charge in [0.15, 0.2) is 0 Å². The van der Waals surface area contributed by atoms with Crippen molar-refractivity contribution in [1.29, 1.82) is 0 Å². The number of nitro groups is 1. The van der Waals surface area contributed by atoms with Gasteiger partial charge in [-0.05, 0) is 74.1 Å². The Hall–Kier alpha value is -5.17. The number of piperazine rings is 1. The van der Waals surface area contributed by atoms with E-state index in [-0.39, 0.29) is 41.6 Å². The summed E-state index contributed by atoms with van der Waals surface area (Å²) in [6.45, 7) is 3.08. The number of rotatable bonds is 10. The quantitative estimate of drug-likeness (QED) is 0.0820. The number of fused-ring (bicyclic) bond motifs is 1. The Morgan fingerprint density at radius 2 is 1.65 bits per heavy atom. The van der Waals surface area contributed by atoms with Gasteiger partial charge in [-0.2, -0.15) is 13.2 Å². The molecule has 0 radical (unpaired) electrons. The van der Waals surface area contributed by atoms with Crippen LogP contribution in [0.1, 0.15) is 38.3 Å². The molecule has 1 amide bonds. The van der Waals surface area contributed by atoms with E-state index >= 15 is 0 Å². The van der Waals surface area contributed by atoms with Gasteiger partial charge in [0.05, 0.1) is 20.9 Å². The van der Waals surface area contributed by atoms with Crippen molar-refractivity contribution in [2.75, 3.05) is 68.9 Å². The van der Waals surface area contributed by atoms with Gasteiger partial charge in [-0.3, -0.25) is 19.8 Å². The SMILES string of the molecule is CN1CCOC(=O)c2cc(S(=O)(=O)NC(=O)c3ccc(N4CCN(Cc5ccccc5C(F)(F)F)CC4)cc3)cc([N+](=O)[O-])c2N[C@@H](CSc2ccccc2)CC1. The van der Waals surface area contributed by atoms with E-state index in [1.807, 2.05) is 56.8 Å². The Bertz CT molecular complexity index is 2190. The molecule has 0 aromatic heterocycles. The van der Waals surface area contributed by atoms with Crippen LogP contribution in [0.15, 0.2) is 101 Å². The number of nitro benzene ring substituents is 1. The number of anilines is 2. The van der Waals surface area contributed by atoms with Crippen LogP contribution in [0.2, 0.25) is 0 Å². The highest BCUT2D eigenvalue weighted by atomic mass is 32.2. The molecule has 2 N–H and O–H groups in total. The third-order valence-electron chi connectivity index (χ3n) is 9.74. The molecule has 2 aliphatic rings. The van der Waals surface area contributed by atoms with Crippen LogP contribution >= 0.6 is 11.8 Å². The van der Waals surface area contributed by atoms with Gasteiger partial charge in [0.25, 0.3) is 21.6 Å². The van der Waals surface area contributed by atoms with Gasteiger partial charge in [0, 0.05) is 73.3 Å². The zero-order chi connectivity index (χ0) is 40.7. The number of benzene rings is 4. The highest BCUT2D eigenvalue weighted by molar-refractivity contribution is 7.99. The number of hydrogen-bond acceptors (Lipinski definition) is 12. The molecule has 1 atom stereocenters. The number of nitrogens with one attached hydrogen (secondary N) is 2. The first kappa shape index (κ1) is 41.5. The molecule has 18 heteroatoms. The van der Waals surface area contributed by atoms with Gasteiger partial charge in [-0.25, -0.2) is 17.9 Å². The number of amides is 1. The normalized spacial score (nSPS) is 17.4. The number of ether oxygens (including phenoxy) is 1. The van der Waals surface area contributed by atoms with Crippen molar-refractivity contribution in [2.45, 2.75) is 35.0 Å². The smallest absolute Gasteiger partial charge is 0.416 e. The lowest BCUT2D eigenvalue weighted by atomic mass is 10.1. The molecule has 0 unspecified atom stereocenters. The summed E-state index contributed by atoms with van der Waals surface area (Å²) in [5.41, 5.74) is -0.955. The van der Waals surface area contributed by atoms with Crippen LogP contribution in [-0.2, 0) is 27.5 Å². The number of esters is 1. The van der Waals surface area contributed by atoms with Crippen LogP contribution < -0.4 is 14.9 Å². The minimum Gasteiger partial charge on any atom is -0.461 e. The molecular weight excluding hydrogens is 786 g/mol. The molecule has 302 valence electrons. The van der Waals surface area contributed by atoms with E-state index < -0.39 is 49.1 Å². The fourth-order valence-corrected chi connectivity index (χ4v) is 8.60. The summed E-state index contributed by atoms with van der Waals surface area (Å²) >= 11 is 1.53. The van der Waals surface area contributed by atoms with Crippen LogP contribution in [0.3, 0.4) is 0 Å². The van der Waals surface area contributed by atoms with Crippen LogP contribution in [0.5, 0.6) is 0 Å². The second-order valence-corrected chi connectivity index (χ2v) is 16.5. The molecule has 1 fully saturated rings. The fraction of sp³-hybridized carbons (Fsp3) is 0.333. The van der Waals surface area contributed by atoms with Crippen molar-refractivity contribution in [1.82, 2.24) is 14.5 Å². The second kappa shape index (κ2) is 18.0. The predicted molar refractivity (Wildman–Crippen MR) is 210 cm³/mol. The summed E-state index contributed by atoms with van der Waals surface area (Å²) in [5.74, 6) is -1.48. The van der Waals surface area contributed by atoms with E-state index in [4.69, 9.17) is 4.74 Å². The number of alkyl halides is 3. The minimum absolute atomic E-state index is 0.0154. The van der Waals surface area contributed by atoms with Crippen LogP contribution in [0.4, 0.5) is 30.2 Å². The van der Waals surface area contributed by atoms with E-state index in [0.29, 0.717) is 51.4 Å². The largest absolute Gasteiger partial charge is 0.461 e. The summed E-state index contributed by atoms with van der Waals surface area (Å²) in [5, 5.41) is 15.6. The third-order valence-corrected chi connectivity index (χ3v) is 12.2. The maximum absolute atomic E-state index is 13.6. The van der Waals surface area contributed by atoms with Crippen molar-refractivity contribution >= 4 is 50.7 Å². The zero-order valence-electron chi connectivity index (χ0n) is 30.9. The van der Waals surface area contributed by atoms with Crippen molar-refractivity contribution in [3.63, 3.8) is 0 Å². The topological polar surface area (TPSA) is 154 Å². The molecule has 2 aliphatic heterocycles. The van der Waals surface area contributed by atoms with Crippen LogP contribution in [0.25, 0.3) is 0 Å². The molecular formula is C39H41F3N6O7S2. The van der Waals surface area contributed by atoms with Gasteiger partial charge in [0.1, 0.15) is 12.3 Å². The highest BCUT2D eigenvalue weighted by Gasteiger charge is 2.34. The Labute approximate surface area is 332 Å². The van der Waals surface area contributed by atoms with Gasteiger partial charge in [0.2, 0.25) is 0 Å². The molecule has 0 bridgehead atoms. The molecule has 13 nitrogen and oxygen atoms in total. The zero-order valence-corrected chi connectivity index (χ0v) is 32.5. The Morgan fingerprint density at radius 3 is 2.33 bits per heavy atom. The average molecular weight is 827 g/mol. The number of cyclic esters (lactones) is 1. The summed E-state index contributed by atoms with van der Waals surface area (Å²) < 4.78 is 75.1. The standard InChI is InChI=1S/C39H41F3N6O7S2/c1-45-16-15-29(26-56-31-8-3-2-4-9-31)43-36-33(38(50)55-22-21-45)23-32(24-35(36)48(51)52)57(53,54)44-37(49)27-11-13-30(14-12-27)47-19-17-46(18-20-47)25-28-7-5-6-10-34(28)39(40,41)42/h2-14,23-24,29,43H,15-22,25-26H2,1H3,(H,44,49)/t29-/m1/s1. The van der Waals surface area contributed by atoms with Gasteiger partial charge < -0.3 is 19.9 Å². The van der Waals surface area contributed by atoms with Crippen LogP contribution in [-0.4, -0.2) is 99.7 Å². The maximum Gasteiger partial charge on any atom is 0.416 e. The summed E-state index contributed by atoms with van der Waals surface area (Å²) in [6.07, 6.45) is -3.90. The number of hydrogen-bond donors (Lipinski definition) is 2. The number of carbonyl (C=O) groups is 2. The maximum atomic E-state index is 13.6. The molecule has 0 spiro atoms. The van der Waals surface area contributed by atoms with Crippen molar-refractivity contribution in [2.24, 2.45) is 0 Å². The van der Waals surface area contributed by atoms with Gasteiger partial charge in [-0.15, -0.1) is 11.8 Å². The van der Waals surface area contributed by atoms with E-state index in [1.165, 1.54) is 36.0 Å². The molecule has 2 heterocycles. The van der Waals surface area contributed by atoms with Crippen LogP contribution in [0, 0.1) is 10.1 Å². The summed E-state index contributed by atoms with van der Waals surface area (Å²) in [6, 6.07) is 22.6. The number of likely N-dealkylation sites (N-methyl/N-ethyl adjacent to an activating group) is 1. The lowest BCUT2D eigenvalue weighted by molar-refractivity contribution is -0.384. The lowest BCUT2D eigenvalue weighted by Crippen LogP contribution is -2.46. The van der Waals surface area contributed by atoms with E-state index in [9.17, 15) is 41.3 Å². The van der Waals surface area contributed by atoms with E-state index in [0.717, 1.165) is 28.8 Å². The monoisotopic (exact) mass is 826 g/mol. The third kappa shape index (κ3) is 10.6. The van der Waals surface area contributed by atoms with Gasteiger partial charge in [-0.1, -0.05) is 36.4 Å². The number of nitrogens with zero attached hydrogens (tertiary/aromatic N) is 4. The number of thioether (sulfide) groups is 1. The van der Waals surface area contributed by atoms with Gasteiger partial charge >= 0.3 is 12.1 Å². The molecule has 0 aliphatic carbocycles. The first-order valence-electron chi connectivity index (χ1n) is 18.1. The number of halogens is 3. The molecule has 4 aromatic rings. The van der Waals surface area contributed by atoms with E-state index in [1.54, 1.807) is 18.2 Å².